The number of carbonyl (C=O) groups is 1. The number of hydrogen-bond acceptors (Lipinski definition) is 7. The van der Waals surface area contributed by atoms with E-state index in [1.54, 1.807) is 48.8 Å². The molecular weight excluding hydrogens is 699 g/mol. The SMILES string of the molecule is C[Si](C)(C)C#Cc1ccc(C(=O)c2ccc(COCc3nc4cnc5c(ccn5S(=O)(=O)c5ccccc5)c4n3[C@H]3CC[C@H](CC#N)CC3)cc2)cc1. The van der Waals surface area contributed by atoms with Crippen LogP contribution in [-0.2, 0) is 28.0 Å². The zero-order valence-electron chi connectivity index (χ0n) is 30.1. The van der Waals surface area contributed by atoms with Crippen molar-refractivity contribution >= 4 is 45.9 Å². The summed E-state index contributed by atoms with van der Waals surface area (Å²) in [4.78, 5) is 23.0. The van der Waals surface area contributed by atoms with Crippen LogP contribution in [0, 0.1) is 28.7 Å². The molecule has 0 unspecified atom stereocenters. The average molecular weight is 740 g/mol. The first-order valence-corrected chi connectivity index (χ1v) is 22.8. The first-order valence-electron chi connectivity index (χ1n) is 17.9. The van der Waals surface area contributed by atoms with E-state index >= 15 is 0 Å². The summed E-state index contributed by atoms with van der Waals surface area (Å²) in [6.45, 7) is 7.15. The predicted molar refractivity (Wildman–Crippen MR) is 208 cm³/mol. The minimum absolute atomic E-state index is 0.0503. The molecule has 53 heavy (non-hydrogen) atoms. The van der Waals surface area contributed by atoms with Crippen molar-refractivity contribution in [3.63, 3.8) is 0 Å². The summed E-state index contributed by atoms with van der Waals surface area (Å²) in [7, 11) is -5.35. The Bertz CT molecular complexity index is 2490. The molecule has 0 N–H and O–H groups in total. The quantitative estimate of drug-likeness (QED) is 0.0786. The Kier molecular flexibility index (Phi) is 10.2. The van der Waals surface area contributed by atoms with Gasteiger partial charge in [0.2, 0.25) is 0 Å². The molecule has 1 aliphatic carbocycles. The molecule has 1 aliphatic rings. The van der Waals surface area contributed by atoms with Gasteiger partial charge in [-0.3, -0.25) is 4.79 Å². The van der Waals surface area contributed by atoms with Crippen LogP contribution < -0.4 is 0 Å². The number of pyridine rings is 1. The number of nitriles is 1. The number of hydrogen-bond donors (Lipinski definition) is 0. The second-order valence-electron chi connectivity index (χ2n) is 14.7. The fraction of sp³-hybridized carbons (Fsp3) is 0.286. The van der Waals surface area contributed by atoms with Crippen molar-refractivity contribution in [2.45, 2.75) is 75.9 Å². The molecule has 11 heteroatoms. The summed E-state index contributed by atoms with van der Waals surface area (Å²) in [6, 6.07) is 27.5. The Morgan fingerprint density at radius 2 is 1.58 bits per heavy atom. The maximum absolute atomic E-state index is 13.6. The molecule has 7 rings (SSSR count). The molecule has 3 heterocycles. The van der Waals surface area contributed by atoms with E-state index in [-0.39, 0.29) is 23.3 Å². The van der Waals surface area contributed by atoms with E-state index in [0.717, 1.165) is 48.2 Å². The molecule has 0 saturated heterocycles. The van der Waals surface area contributed by atoms with Crippen LogP contribution in [0.2, 0.25) is 19.6 Å². The minimum Gasteiger partial charge on any atom is -0.369 e. The van der Waals surface area contributed by atoms with E-state index in [0.29, 0.717) is 46.6 Å². The molecule has 3 aromatic heterocycles. The molecule has 0 bridgehead atoms. The topological polar surface area (TPSA) is 120 Å². The summed E-state index contributed by atoms with van der Waals surface area (Å²) in [6.07, 6.45) is 7.36. The number of nitrogens with zero attached hydrogens (tertiary/aromatic N) is 5. The van der Waals surface area contributed by atoms with E-state index in [1.807, 2.05) is 48.5 Å². The smallest absolute Gasteiger partial charge is 0.269 e. The van der Waals surface area contributed by atoms with Gasteiger partial charge in [-0.1, -0.05) is 68.0 Å². The van der Waals surface area contributed by atoms with Crippen molar-refractivity contribution in [1.29, 1.82) is 5.26 Å². The van der Waals surface area contributed by atoms with Crippen LogP contribution in [-0.4, -0.2) is 40.8 Å². The molecule has 0 radical (unpaired) electrons. The molecule has 1 fully saturated rings. The van der Waals surface area contributed by atoms with Crippen LogP contribution in [0.4, 0.5) is 0 Å². The summed E-state index contributed by atoms with van der Waals surface area (Å²) in [5.41, 5.74) is 8.24. The number of rotatable bonds is 10. The predicted octanol–water partition coefficient (Wildman–Crippen LogP) is 8.44. The van der Waals surface area contributed by atoms with Crippen LogP contribution in [0.5, 0.6) is 0 Å². The molecule has 9 nitrogen and oxygen atoms in total. The lowest BCUT2D eigenvalue weighted by Gasteiger charge is -2.30. The normalized spacial score (nSPS) is 16.3. The number of ketones is 1. The lowest BCUT2D eigenvalue weighted by molar-refractivity contribution is 0.0970. The van der Waals surface area contributed by atoms with Crippen molar-refractivity contribution < 1.29 is 17.9 Å². The number of imidazole rings is 1. The molecule has 6 aromatic rings. The summed E-state index contributed by atoms with van der Waals surface area (Å²) >= 11 is 0. The van der Waals surface area contributed by atoms with Crippen molar-refractivity contribution in [2.75, 3.05) is 0 Å². The molecule has 0 atom stereocenters. The molecule has 3 aromatic carbocycles. The van der Waals surface area contributed by atoms with E-state index < -0.39 is 18.1 Å². The zero-order chi connectivity index (χ0) is 37.2. The van der Waals surface area contributed by atoms with Crippen molar-refractivity contribution in [1.82, 2.24) is 18.5 Å². The van der Waals surface area contributed by atoms with Gasteiger partial charge >= 0.3 is 0 Å². The fourth-order valence-corrected chi connectivity index (χ4v) is 8.81. The second kappa shape index (κ2) is 15.0. The molecule has 0 aliphatic heterocycles. The largest absolute Gasteiger partial charge is 0.369 e. The van der Waals surface area contributed by atoms with Gasteiger partial charge in [-0.25, -0.2) is 22.4 Å². The van der Waals surface area contributed by atoms with E-state index in [4.69, 9.17) is 9.72 Å². The van der Waals surface area contributed by atoms with E-state index in [2.05, 4.69) is 46.7 Å². The van der Waals surface area contributed by atoms with Gasteiger partial charge in [0.05, 0.1) is 29.3 Å². The zero-order valence-corrected chi connectivity index (χ0v) is 31.9. The highest BCUT2D eigenvalue weighted by Gasteiger charge is 2.28. The monoisotopic (exact) mass is 739 g/mol. The van der Waals surface area contributed by atoms with Gasteiger partial charge in [-0.2, -0.15) is 5.26 Å². The van der Waals surface area contributed by atoms with Gasteiger partial charge in [0.15, 0.2) is 11.4 Å². The highest BCUT2D eigenvalue weighted by molar-refractivity contribution is 7.90. The van der Waals surface area contributed by atoms with E-state index in [9.17, 15) is 18.5 Å². The lowest BCUT2D eigenvalue weighted by atomic mass is 9.84. The van der Waals surface area contributed by atoms with Crippen LogP contribution in [0.3, 0.4) is 0 Å². The van der Waals surface area contributed by atoms with Gasteiger partial charge in [0.25, 0.3) is 10.0 Å². The first-order chi connectivity index (χ1) is 25.5. The Labute approximate surface area is 311 Å². The third-order valence-electron chi connectivity index (χ3n) is 9.71. The van der Waals surface area contributed by atoms with Gasteiger partial charge in [0, 0.05) is 40.7 Å². The number of ether oxygens (including phenoxy) is 1. The van der Waals surface area contributed by atoms with Gasteiger partial charge in [-0.15, -0.1) is 5.54 Å². The maximum Gasteiger partial charge on any atom is 0.269 e. The van der Waals surface area contributed by atoms with Crippen LogP contribution in [0.15, 0.2) is 102 Å². The van der Waals surface area contributed by atoms with Crippen molar-refractivity contribution in [3.8, 4) is 17.5 Å². The number of aromatic nitrogens is 4. The third-order valence-corrected chi connectivity index (χ3v) is 12.3. The van der Waals surface area contributed by atoms with Gasteiger partial charge in [-0.05, 0) is 79.6 Å². The van der Waals surface area contributed by atoms with Gasteiger partial charge < -0.3 is 9.30 Å². The van der Waals surface area contributed by atoms with Crippen molar-refractivity contribution in [3.05, 3.63) is 125 Å². The Balaban J connectivity index is 1.12. The molecule has 268 valence electrons. The number of carbonyl (C=O) groups excluding carboxylic acids is 1. The van der Waals surface area contributed by atoms with E-state index in [1.165, 1.54) is 3.97 Å². The standard InChI is InChI=1S/C42H41N5O4SSi/c1-53(2,3)26-23-31-9-15-33(16-10-31)41(48)34-17-11-32(12-18-34)28-51-29-39-45-38-27-44-42-37(22-25-46(42)52(49,50)36-7-5-4-6-8-36)40(38)47(39)35-19-13-30(14-20-35)21-24-43/h4-12,15-18,22,25,27,30,35H,13-14,19-21,28-29H2,1-3H3/t30-,35-. The summed E-state index contributed by atoms with van der Waals surface area (Å²) in [5, 5.41) is 10.00. The highest BCUT2D eigenvalue weighted by Crippen LogP contribution is 2.38. The van der Waals surface area contributed by atoms with Crippen molar-refractivity contribution in [2.24, 2.45) is 5.92 Å². The first kappa shape index (κ1) is 36.0. The molecule has 1 saturated carbocycles. The summed E-state index contributed by atoms with van der Waals surface area (Å²) < 4.78 is 37.0. The van der Waals surface area contributed by atoms with Crippen LogP contribution in [0.1, 0.15) is 71.0 Å². The van der Waals surface area contributed by atoms with Crippen LogP contribution >= 0.6 is 0 Å². The highest BCUT2D eigenvalue weighted by atomic mass is 32.2. The Morgan fingerprint density at radius 3 is 2.25 bits per heavy atom. The number of fused-ring (bicyclic) bond motifs is 3. The minimum atomic E-state index is -3.87. The molecule has 0 spiro atoms. The van der Waals surface area contributed by atoms with Crippen LogP contribution in [0.25, 0.3) is 22.1 Å². The Morgan fingerprint density at radius 1 is 0.906 bits per heavy atom. The fourth-order valence-electron chi connectivity index (χ4n) is 6.97. The van der Waals surface area contributed by atoms with Gasteiger partial charge in [0.1, 0.15) is 26.0 Å². The molecular formula is C42H41N5O4SSi. The average Bonchev–Trinajstić information content (AvgIpc) is 3.77. The molecule has 0 amide bonds. The third kappa shape index (κ3) is 7.74. The Hall–Kier alpha value is -5.33. The second-order valence-corrected chi connectivity index (χ2v) is 21.3. The summed E-state index contributed by atoms with van der Waals surface area (Å²) in [5.74, 6) is 4.28. The maximum atomic E-state index is 13.6. The number of benzene rings is 3. The lowest BCUT2D eigenvalue weighted by Crippen LogP contribution is -2.20.